The summed E-state index contributed by atoms with van der Waals surface area (Å²) in [7, 11) is 0. The smallest absolute Gasteiger partial charge is 0.250 e. The summed E-state index contributed by atoms with van der Waals surface area (Å²) in [5, 5.41) is 3.63. The minimum atomic E-state index is -0.301. The lowest BCUT2D eigenvalue weighted by Gasteiger charge is -2.12. The van der Waals surface area contributed by atoms with E-state index in [4.69, 9.17) is 28.9 Å². The molecule has 2 rings (SSSR count). The molecule has 0 saturated heterocycles. The monoisotopic (exact) mass is 353 g/mol. The minimum Gasteiger partial charge on any atom is -0.330 e. The molecule has 1 heterocycles. The van der Waals surface area contributed by atoms with Gasteiger partial charge >= 0.3 is 0 Å². The zero-order valence-electron chi connectivity index (χ0n) is 12.6. The van der Waals surface area contributed by atoms with E-state index in [1.165, 1.54) is 10.6 Å². The standard InChI is InChI=1S/C16H17Cl2N3O2/c1-10(7-19)16(23)20-12-3-5-15(22)21(9-12)8-11-2-4-13(17)14(18)6-11/h2-6,9-10H,7-8,19H2,1H3,(H,20,23). The third kappa shape index (κ3) is 4.58. The Kier molecular flexibility index (Phi) is 5.82. The van der Waals surface area contributed by atoms with Crippen LogP contribution in [-0.4, -0.2) is 17.0 Å². The number of pyridine rings is 1. The Morgan fingerprint density at radius 3 is 2.65 bits per heavy atom. The van der Waals surface area contributed by atoms with Crippen LogP contribution in [-0.2, 0) is 11.3 Å². The van der Waals surface area contributed by atoms with Gasteiger partial charge in [0, 0.05) is 24.7 Å². The molecular formula is C16H17Cl2N3O2. The molecule has 5 nitrogen and oxygen atoms in total. The Balaban J connectivity index is 2.22. The van der Waals surface area contributed by atoms with Crippen molar-refractivity contribution < 1.29 is 4.79 Å². The van der Waals surface area contributed by atoms with E-state index in [0.717, 1.165) is 5.56 Å². The van der Waals surface area contributed by atoms with Gasteiger partial charge < -0.3 is 15.6 Å². The van der Waals surface area contributed by atoms with Gasteiger partial charge in [-0.25, -0.2) is 0 Å². The Bertz CT molecular complexity index is 774. The molecule has 0 saturated carbocycles. The molecular weight excluding hydrogens is 337 g/mol. The zero-order chi connectivity index (χ0) is 17.0. The van der Waals surface area contributed by atoms with Gasteiger partial charge in [-0.15, -0.1) is 0 Å². The number of hydrogen-bond acceptors (Lipinski definition) is 3. The van der Waals surface area contributed by atoms with Crippen molar-refractivity contribution in [3.05, 3.63) is 62.5 Å². The molecule has 0 aliphatic rings. The van der Waals surface area contributed by atoms with Crippen LogP contribution in [0.2, 0.25) is 10.0 Å². The van der Waals surface area contributed by atoms with Crippen molar-refractivity contribution in [3.8, 4) is 0 Å². The molecule has 7 heteroatoms. The summed E-state index contributed by atoms with van der Waals surface area (Å²) in [6.07, 6.45) is 1.59. The topological polar surface area (TPSA) is 77.1 Å². The van der Waals surface area contributed by atoms with E-state index in [2.05, 4.69) is 5.32 Å². The number of aromatic nitrogens is 1. The van der Waals surface area contributed by atoms with E-state index in [0.29, 0.717) is 22.3 Å². The van der Waals surface area contributed by atoms with Crippen LogP contribution in [0.5, 0.6) is 0 Å². The van der Waals surface area contributed by atoms with Crippen molar-refractivity contribution in [2.45, 2.75) is 13.5 Å². The van der Waals surface area contributed by atoms with E-state index < -0.39 is 0 Å². The van der Waals surface area contributed by atoms with Crippen LogP contribution in [0.1, 0.15) is 12.5 Å². The van der Waals surface area contributed by atoms with Crippen LogP contribution in [0, 0.1) is 5.92 Å². The second-order valence-corrected chi connectivity index (χ2v) is 6.07. The summed E-state index contributed by atoms with van der Waals surface area (Å²) < 4.78 is 1.49. The number of carbonyl (C=O) groups is 1. The van der Waals surface area contributed by atoms with Gasteiger partial charge in [0.05, 0.1) is 22.3 Å². The van der Waals surface area contributed by atoms with Crippen molar-refractivity contribution in [2.24, 2.45) is 11.7 Å². The molecule has 1 unspecified atom stereocenters. The number of nitrogens with one attached hydrogen (secondary N) is 1. The number of nitrogens with two attached hydrogens (primary N) is 1. The van der Waals surface area contributed by atoms with Crippen LogP contribution in [0.15, 0.2) is 41.3 Å². The van der Waals surface area contributed by atoms with Crippen molar-refractivity contribution in [2.75, 3.05) is 11.9 Å². The van der Waals surface area contributed by atoms with Gasteiger partial charge in [0.1, 0.15) is 0 Å². The molecule has 1 aromatic heterocycles. The second kappa shape index (κ2) is 7.64. The molecule has 3 N–H and O–H groups in total. The summed E-state index contributed by atoms with van der Waals surface area (Å²) in [4.78, 5) is 23.8. The van der Waals surface area contributed by atoms with E-state index >= 15 is 0 Å². The Morgan fingerprint density at radius 2 is 2.00 bits per heavy atom. The number of anilines is 1. The highest BCUT2D eigenvalue weighted by Gasteiger charge is 2.11. The fraction of sp³-hybridized carbons (Fsp3) is 0.250. The first kappa shape index (κ1) is 17.5. The minimum absolute atomic E-state index is 0.180. The Labute approximate surface area is 144 Å². The van der Waals surface area contributed by atoms with Crippen molar-refractivity contribution >= 4 is 34.8 Å². The van der Waals surface area contributed by atoms with Gasteiger partial charge in [-0.05, 0) is 23.8 Å². The van der Waals surface area contributed by atoms with E-state index in [9.17, 15) is 9.59 Å². The number of carbonyl (C=O) groups excluding carboxylic acids is 1. The predicted molar refractivity (Wildman–Crippen MR) is 93.1 cm³/mol. The van der Waals surface area contributed by atoms with Crippen LogP contribution in [0.3, 0.4) is 0 Å². The SMILES string of the molecule is CC(CN)C(=O)Nc1ccc(=O)n(Cc2ccc(Cl)c(Cl)c2)c1. The number of rotatable bonds is 5. The van der Waals surface area contributed by atoms with Gasteiger partial charge in [-0.2, -0.15) is 0 Å². The van der Waals surface area contributed by atoms with Crippen LogP contribution in [0.4, 0.5) is 5.69 Å². The van der Waals surface area contributed by atoms with Gasteiger partial charge in [0.25, 0.3) is 5.56 Å². The average molecular weight is 354 g/mol. The molecule has 0 aliphatic carbocycles. The molecule has 23 heavy (non-hydrogen) atoms. The molecule has 1 aromatic carbocycles. The number of nitrogens with zero attached hydrogens (tertiary/aromatic N) is 1. The van der Waals surface area contributed by atoms with Crippen LogP contribution in [0.25, 0.3) is 0 Å². The number of hydrogen-bond donors (Lipinski definition) is 2. The van der Waals surface area contributed by atoms with Gasteiger partial charge in [0.2, 0.25) is 5.91 Å². The van der Waals surface area contributed by atoms with Gasteiger partial charge in [-0.1, -0.05) is 36.2 Å². The molecule has 1 amide bonds. The average Bonchev–Trinajstić information content (AvgIpc) is 2.53. The quantitative estimate of drug-likeness (QED) is 0.867. The lowest BCUT2D eigenvalue weighted by Crippen LogP contribution is -2.27. The van der Waals surface area contributed by atoms with E-state index in [1.54, 1.807) is 37.4 Å². The Hall–Kier alpha value is -1.82. The molecule has 2 aromatic rings. The molecule has 0 bridgehead atoms. The normalized spacial score (nSPS) is 12.0. The fourth-order valence-corrected chi connectivity index (χ4v) is 2.26. The first-order valence-electron chi connectivity index (χ1n) is 7.06. The first-order valence-corrected chi connectivity index (χ1v) is 7.81. The summed E-state index contributed by atoms with van der Waals surface area (Å²) in [6, 6.07) is 8.15. The maximum Gasteiger partial charge on any atom is 0.250 e. The lowest BCUT2D eigenvalue weighted by atomic mass is 10.1. The highest BCUT2D eigenvalue weighted by molar-refractivity contribution is 6.42. The number of amides is 1. The highest BCUT2D eigenvalue weighted by Crippen LogP contribution is 2.23. The van der Waals surface area contributed by atoms with Gasteiger partial charge in [-0.3, -0.25) is 9.59 Å². The third-order valence-corrected chi connectivity index (χ3v) is 4.13. The molecule has 122 valence electrons. The van der Waals surface area contributed by atoms with Crippen LogP contribution >= 0.6 is 23.2 Å². The van der Waals surface area contributed by atoms with E-state index in [1.807, 2.05) is 0 Å². The Morgan fingerprint density at radius 1 is 1.26 bits per heavy atom. The lowest BCUT2D eigenvalue weighted by molar-refractivity contribution is -0.119. The third-order valence-electron chi connectivity index (χ3n) is 3.39. The van der Waals surface area contributed by atoms with Crippen molar-refractivity contribution in [3.63, 3.8) is 0 Å². The molecule has 0 spiro atoms. The summed E-state index contributed by atoms with van der Waals surface area (Å²) in [6.45, 7) is 2.32. The van der Waals surface area contributed by atoms with Crippen molar-refractivity contribution in [1.29, 1.82) is 0 Å². The molecule has 0 fully saturated rings. The molecule has 1 atom stereocenters. The molecule has 0 aliphatic heterocycles. The summed E-state index contributed by atoms with van der Waals surface area (Å²) >= 11 is 11.9. The summed E-state index contributed by atoms with van der Waals surface area (Å²) in [5.41, 5.74) is 6.66. The zero-order valence-corrected chi connectivity index (χ0v) is 14.1. The second-order valence-electron chi connectivity index (χ2n) is 5.26. The van der Waals surface area contributed by atoms with Gasteiger partial charge in [0.15, 0.2) is 0 Å². The van der Waals surface area contributed by atoms with E-state index in [-0.39, 0.29) is 23.9 Å². The predicted octanol–water partition coefficient (Wildman–Crippen LogP) is 2.74. The number of halogens is 2. The maximum atomic E-state index is 12.0. The fourth-order valence-electron chi connectivity index (χ4n) is 1.94. The van der Waals surface area contributed by atoms with Crippen LogP contribution < -0.4 is 16.6 Å². The summed E-state index contributed by atoms with van der Waals surface area (Å²) in [5.74, 6) is -0.488. The largest absolute Gasteiger partial charge is 0.330 e. The first-order chi connectivity index (χ1) is 10.9. The maximum absolute atomic E-state index is 12.0. The number of benzene rings is 1. The van der Waals surface area contributed by atoms with Crippen molar-refractivity contribution in [1.82, 2.24) is 4.57 Å². The molecule has 0 radical (unpaired) electrons. The highest BCUT2D eigenvalue weighted by atomic mass is 35.5.